The molecule has 2 aromatic rings. The summed E-state index contributed by atoms with van der Waals surface area (Å²) in [4.78, 5) is 11.2. The number of para-hydroxylation sites is 1. The third-order valence-corrected chi connectivity index (χ3v) is 4.74. The maximum Gasteiger partial charge on any atom is 0.339 e. The number of hydrogen-bond donors (Lipinski definition) is 1. The van der Waals surface area contributed by atoms with Crippen molar-refractivity contribution >= 4 is 21.7 Å². The molecule has 0 radical (unpaired) electrons. The van der Waals surface area contributed by atoms with Crippen LogP contribution in [0.15, 0.2) is 47.4 Å². The van der Waals surface area contributed by atoms with E-state index in [4.69, 9.17) is 8.92 Å². The molecule has 0 aliphatic carbocycles. The van der Waals surface area contributed by atoms with E-state index in [0.717, 1.165) is 5.56 Å². The van der Waals surface area contributed by atoms with Gasteiger partial charge in [0.1, 0.15) is 16.4 Å². The number of carbonyl (C=O) groups excluding carboxylic acids is 1. The zero-order valence-electron chi connectivity index (χ0n) is 14.6. The number of carbonyl (C=O) groups is 1. The third-order valence-electron chi connectivity index (χ3n) is 3.51. The second-order valence-corrected chi connectivity index (χ2v) is 7.32. The molecule has 134 valence electrons. The van der Waals surface area contributed by atoms with Gasteiger partial charge in [0.15, 0.2) is 0 Å². The van der Waals surface area contributed by atoms with Crippen molar-refractivity contribution in [1.29, 1.82) is 0 Å². The van der Waals surface area contributed by atoms with Crippen molar-refractivity contribution in [1.82, 2.24) is 0 Å². The Kier molecular flexibility index (Phi) is 5.69. The Morgan fingerprint density at radius 3 is 2.36 bits per heavy atom. The molecule has 0 unspecified atom stereocenters. The molecule has 0 aromatic heterocycles. The van der Waals surface area contributed by atoms with Crippen molar-refractivity contribution in [3.63, 3.8) is 0 Å². The van der Waals surface area contributed by atoms with Gasteiger partial charge in [0.05, 0.1) is 12.8 Å². The first-order valence-corrected chi connectivity index (χ1v) is 9.14. The fourth-order valence-corrected chi connectivity index (χ4v) is 3.31. The fraction of sp³-hybridized carbons (Fsp3) is 0.278. The van der Waals surface area contributed by atoms with Crippen molar-refractivity contribution in [3.05, 3.63) is 48.0 Å². The Morgan fingerprint density at radius 2 is 1.76 bits per heavy atom. The van der Waals surface area contributed by atoms with E-state index in [1.165, 1.54) is 32.2 Å². The van der Waals surface area contributed by atoms with Crippen molar-refractivity contribution in [2.24, 2.45) is 0 Å². The second-order valence-electron chi connectivity index (χ2n) is 5.77. The Labute approximate surface area is 147 Å². The number of benzene rings is 2. The molecule has 0 aliphatic heterocycles. The van der Waals surface area contributed by atoms with Crippen molar-refractivity contribution in [2.45, 2.75) is 31.6 Å². The third kappa shape index (κ3) is 4.51. The van der Waals surface area contributed by atoms with Crippen LogP contribution in [0.3, 0.4) is 0 Å². The van der Waals surface area contributed by atoms with E-state index < -0.39 is 10.1 Å². The van der Waals surface area contributed by atoms with E-state index in [1.54, 1.807) is 12.1 Å². The lowest BCUT2D eigenvalue weighted by Crippen LogP contribution is -2.13. The van der Waals surface area contributed by atoms with Gasteiger partial charge in [-0.25, -0.2) is 0 Å². The average Bonchev–Trinajstić information content (AvgIpc) is 2.54. The van der Waals surface area contributed by atoms with Gasteiger partial charge >= 0.3 is 10.1 Å². The minimum atomic E-state index is -4.06. The highest BCUT2D eigenvalue weighted by Gasteiger charge is 2.21. The predicted molar refractivity (Wildman–Crippen MR) is 95.6 cm³/mol. The fourth-order valence-electron chi connectivity index (χ4n) is 2.33. The standard InChI is InChI=1S/C18H21NO5S/c1-12(2)15-7-5-6-8-17(15)24-25(21,22)14-9-10-18(23-4)16(11-14)19-13(3)20/h5-12H,1-4H3,(H,19,20). The summed E-state index contributed by atoms with van der Waals surface area (Å²) in [6, 6.07) is 11.1. The zero-order valence-corrected chi connectivity index (χ0v) is 15.4. The van der Waals surface area contributed by atoms with Crippen LogP contribution in [0.5, 0.6) is 11.5 Å². The molecule has 0 heterocycles. The quantitative estimate of drug-likeness (QED) is 0.794. The molecule has 25 heavy (non-hydrogen) atoms. The first kappa shape index (κ1) is 18.8. The van der Waals surface area contributed by atoms with Gasteiger partial charge in [0, 0.05) is 6.92 Å². The molecule has 0 saturated carbocycles. The van der Waals surface area contributed by atoms with Gasteiger partial charge in [-0.15, -0.1) is 0 Å². The van der Waals surface area contributed by atoms with Crippen molar-refractivity contribution in [3.8, 4) is 11.5 Å². The average molecular weight is 363 g/mol. The smallest absolute Gasteiger partial charge is 0.339 e. The molecule has 1 amide bonds. The van der Waals surface area contributed by atoms with Crippen LogP contribution in [-0.2, 0) is 14.9 Å². The van der Waals surface area contributed by atoms with E-state index in [2.05, 4.69) is 5.32 Å². The highest BCUT2D eigenvalue weighted by molar-refractivity contribution is 7.87. The lowest BCUT2D eigenvalue weighted by atomic mass is 10.0. The highest BCUT2D eigenvalue weighted by atomic mass is 32.2. The van der Waals surface area contributed by atoms with Gasteiger partial charge in [0.2, 0.25) is 5.91 Å². The molecular formula is C18H21NO5S. The number of nitrogens with one attached hydrogen (secondary N) is 1. The Bertz CT molecular complexity index is 875. The molecule has 0 atom stereocenters. The number of methoxy groups -OCH3 is 1. The summed E-state index contributed by atoms with van der Waals surface area (Å²) in [5, 5.41) is 2.55. The summed E-state index contributed by atoms with van der Waals surface area (Å²) >= 11 is 0. The van der Waals surface area contributed by atoms with Crippen LogP contribution in [0.1, 0.15) is 32.3 Å². The molecule has 0 bridgehead atoms. The maximum absolute atomic E-state index is 12.6. The van der Waals surface area contributed by atoms with Gasteiger partial charge < -0.3 is 14.2 Å². The first-order chi connectivity index (χ1) is 11.7. The van der Waals surface area contributed by atoms with Crippen LogP contribution < -0.4 is 14.2 Å². The van der Waals surface area contributed by atoms with Crippen LogP contribution in [0.4, 0.5) is 5.69 Å². The molecular weight excluding hydrogens is 342 g/mol. The second kappa shape index (κ2) is 7.57. The van der Waals surface area contributed by atoms with Crippen LogP contribution in [0, 0.1) is 0 Å². The van der Waals surface area contributed by atoms with E-state index in [9.17, 15) is 13.2 Å². The van der Waals surface area contributed by atoms with Crippen LogP contribution in [0.2, 0.25) is 0 Å². The minimum absolute atomic E-state index is 0.0735. The normalized spacial score (nSPS) is 11.2. The molecule has 2 rings (SSSR count). The van der Waals surface area contributed by atoms with Crippen LogP contribution >= 0.6 is 0 Å². The Morgan fingerprint density at radius 1 is 1.08 bits per heavy atom. The van der Waals surface area contributed by atoms with Gasteiger partial charge in [-0.05, 0) is 35.7 Å². The van der Waals surface area contributed by atoms with Crippen molar-refractivity contribution < 1.29 is 22.1 Å². The minimum Gasteiger partial charge on any atom is -0.495 e. The maximum atomic E-state index is 12.6. The van der Waals surface area contributed by atoms with Crippen LogP contribution in [0.25, 0.3) is 0 Å². The SMILES string of the molecule is COc1ccc(S(=O)(=O)Oc2ccccc2C(C)C)cc1NC(C)=O. The summed E-state index contributed by atoms with van der Waals surface area (Å²) < 4.78 is 35.7. The highest BCUT2D eigenvalue weighted by Crippen LogP contribution is 2.31. The largest absolute Gasteiger partial charge is 0.495 e. The topological polar surface area (TPSA) is 81.7 Å². The van der Waals surface area contributed by atoms with E-state index in [-0.39, 0.29) is 28.2 Å². The zero-order chi connectivity index (χ0) is 18.6. The van der Waals surface area contributed by atoms with Gasteiger partial charge in [-0.1, -0.05) is 32.0 Å². The molecule has 2 aromatic carbocycles. The Hall–Kier alpha value is -2.54. The molecule has 0 saturated heterocycles. The number of hydrogen-bond acceptors (Lipinski definition) is 5. The Balaban J connectivity index is 2.42. The summed E-state index contributed by atoms with van der Waals surface area (Å²) in [6.07, 6.45) is 0. The lowest BCUT2D eigenvalue weighted by molar-refractivity contribution is -0.114. The molecule has 7 heteroatoms. The number of anilines is 1. The summed E-state index contributed by atoms with van der Waals surface area (Å²) in [5.74, 6) is 0.419. The van der Waals surface area contributed by atoms with Gasteiger partial charge in [-0.2, -0.15) is 8.42 Å². The summed E-state index contributed by atoms with van der Waals surface area (Å²) in [6.45, 7) is 5.24. The van der Waals surface area contributed by atoms with E-state index >= 15 is 0 Å². The number of rotatable bonds is 6. The predicted octanol–water partition coefficient (Wildman–Crippen LogP) is 3.54. The molecule has 1 N–H and O–H groups in total. The molecule has 0 spiro atoms. The number of amides is 1. The first-order valence-electron chi connectivity index (χ1n) is 7.73. The molecule has 0 aliphatic rings. The van der Waals surface area contributed by atoms with Gasteiger partial charge in [-0.3, -0.25) is 4.79 Å². The number of ether oxygens (including phenoxy) is 1. The lowest BCUT2D eigenvalue weighted by Gasteiger charge is -2.15. The van der Waals surface area contributed by atoms with E-state index in [0.29, 0.717) is 5.75 Å². The van der Waals surface area contributed by atoms with Gasteiger partial charge in [0.25, 0.3) is 0 Å². The summed E-state index contributed by atoms with van der Waals surface area (Å²) in [7, 11) is -2.62. The molecule has 6 nitrogen and oxygen atoms in total. The van der Waals surface area contributed by atoms with Crippen LogP contribution in [-0.4, -0.2) is 21.4 Å². The molecule has 0 fully saturated rings. The summed E-state index contributed by atoms with van der Waals surface area (Å²) in [5.41, 5.74) is 1.05. The van der Waals surface area contributed by atoms with E-state index in [1.807, 2.05) is 26.0 Å². The van der Waals surface area contributed by atoms with Crippen molar-refractivity contribution in [2.75, 3.05) is 12.4 Å². The monoisotopic (exact) mass is 363 g/mol.